The predicted molar refractivity (Wildman–Crippen MR) is 139 cm³/mol. The first-order chi connectivity index (χ1) is 22.8. The standard InChI is InChI=1S/C26H39F13O10/c27-21(28,22(29,30)23(31,32)24(33,34)25(35,36)26(37,38)39)1-3-41-5-7-43-9-11-45-13-15-47-17-19-49-20-18-48-16-14-46-12-10-44-8-6-42-4-2-40/h2H,1,3-20H2. The van der Waals surface area contributed by atoms with Crippen LogP contribution in [0.1, 0.15) is 6.42 Å². The maximum Gasteiger partial charge on any atom is 0.460 e. The van der Waals surface area contributed by atoms with Gasteiger partial charge in [-0.05, 0) is 0 Å². The fourth-order valence-corrected chi connectivity index (χ4v) is 3.05. The first-order valence-electron chi connectivity index (χ1n) is 14.4. The van der Waals surface area contributed by atoms with Crippen LogP contribution in [0.4, 0.5) is 57.1 Å². The van der Waals surface area contributed by atoms with Gasteiger partial charge >= 0.3 is 35.8 Å². The van der Waals surface area contributed by atoms with E-state index < -0.39 is 55.4 Å². The van der Waals surface area contributed by atoms with Gasteiger partial charge in [0.25, 0.3) is 0 Å². The Morgan fingerprint density at radius 3 is 0.837 bits per heavy atom. The number of carbonyl (C=O) groups is 1. The van der Waals surface area contributed by atoms with E-state index in [1.807, 2.05) is 0 Å². The van der Waals surface area contributed by atoms with E-state index in [-0.39, 0.29) is 52.9 Å². The highest BCUT2D eigenvalue weighted by Gasteiger charge is 2.90. The fraction of sp³-hybridized carbons (Fsp3) is 0.962. The minimum atomic E-state index is -7.93. The van der Waals surface area contributed by atoms with Crippen LogP contribution < -0.4 is 0 Å². The molecule has 0 radical (unpaired) electrons. The first kappa shape index (κ1) is 47.4. The van der Waals surface area contributed by atoms with Gasteiger partial charge in [0.1, 0.15) is 12.9 Å². The molecule has 0 aromatic heterocycles. The minimum Gasteiger partial charge on any atom is -0.379 e. The molecule has 0 aliphatic heterocycles. The van der Waals surface area contributed by atoms with Gasteiger partial charge in [0, 0.05) is 6.42 Å². The number of carbonyl (C=O) groups excluding carboxylic acids is 1. The molecule has 23 heteroatoms. The van der Waals surface area contributed by atoms with Crippen LogP contribution in [0.2, 0.25) is 0 Å². The summed E-state index contributed by atoms with van der Waals surface area (Å²) < 4.78 is 215. The summed E-state index contributed by atoms with van der Waals surface area (Å²) in [6.07, 6.45) is -9.23. The summed E-state index contributed by atoms with van der Waals surface area (Å²) in [6, 6.07) is 0. The molecule has 0 amide bonds. The third kappa shape index (κ3) is 16.5. The highest BCUT2D eigenvalue weighted by molar-refractivity contribution is 5.50. The maximum atomic E-state index is 13.7. The van der Waals surface area contributed by atoms with Crippen molar-refractivity contribution in [3.63, 3.8) is 0 Å². The second kappa shape index (κ2) is 23.8. The topological polar surface area (TPSA) is 100 Å². The lowest BCUT2D eigenvalue weighted by Crippen LogP contribution is -2.70. The zero-order valence-corrected chi connectivity index (χ0v) is 26.0. The molecule has 0 heterocycles. The molecule has 0 fully saturated rings. The average Bonchev–Trinajstić information content (AvgIpc) is 3.01. The molecule has 49 heavy (non-hydrogen) atoms. The maximum absolute atomic E-state index is 13.7. The Balaban J connectivity index is 3.78. The molecule has 0 spiro atoms. The van der Waals surface area contributed by atoms with E-state index in [2.05, 4.69) is 4.74 Å². The van der Waals surface area contributed by atoms with E-state index in [1.54, 1.807) is 0 Å². The summed E-state index contributed by atoms with van der Waals surface area (Å²) in [5.41, 5.74) is 0. The SMILES string of the molecule is O=CCOCCOCCOCCOCCOCCOCCOCCOCCOCCC(F)(F)C(F)(F)C(F)(F)C(F)(F)C(F)(F)C(F)(F)F. The zero-order valence-electron chi connectivity index (χ0n) is 26.0. The molecular weight excluding hydrogens is 719 g/mol. The van der Waals surface area contributed by atoms with Crippen LogP contribution in [0.15, 0.2) is 0 Å². The minimum absolute atomic E-state index is 0.0154. The summed E-state index contributed by atoms with van der Waals surface area (Å²) in [7, 11) is 0. The van der Waals surface area contributed by atoms with Gasteiger partial charge in [0.2, 0.25) is 0 Å². The quantitative estimate of drug-likeness (QED) is 0.0542. The summed E-state index contributed by atoms with van der Waals surface area (Å²) in [6.45, 7) is 1.20. The molecular formula is C26H39F13O10. The molecule has 0 aliphatic rings. The highest BCUT2D eigenvalue weighted by atomic mass is 19.4. The number of halogens is 13. The van der Waals surface area contributed by atoms with Gasteiger partial charge in [-0.1, -0.05) is 0 Å². The van der Waals surface area contributed by atoms with Crippen LogP contribution >= 0.6 is 0 Å². The van der Waals surface area contributed by atoms with Crippen molar-refractivity contribution < 1.29 is 105 Å². The van der Waals surface area contributed by atoms with Gasteiger partial charge in [0.15, 0.2) is 0 Å². The lowest BCUT2D eigenvalue weighted by molar-refractivity contribution is -0.440. The van der Waals surface area contributed by atoms with Gasteiger partial charge in [-0.25, -0.2) is 0 Å². The smallest absolute Gasteiger partial charge is 0.379 e. The summed E-state index contributed by atoms with van der Waals surface area (Å²) >= 11 is 0. The van der Waals surface area contributed by atoms with Crippen molar-refractivity contribution >= 4 is 6.29 Å². The van der Waals surface area contributed by atoms with Crippen LogP contribution in [0.3, 0.4) is 0 Å². The van der Waals surface area contributed by atoms with Crippen LogP contribution in [0.25, 0.3) is 0 Å². The van der Waals surface area contributed by atoms with Crippen molar-refractivity contribution in [1.29, 1.82) is 0 Å². The molecule has 0 unspecified atom stereocenters. The van der Waals surface area contributed by atoms with Gasteiger partial charge in [-0.2, -0.15) is 57.1 Å². The molecule has 0 rings (SSSR count). The number of hydrogen-bond donors (Lipinski definition) is 0. The van der Waals surface area contributed by atoms with Crippen molar-refractivity contribution in [3.8, 4) is 0 Å². The molecule has 0 aromatic rings. The Kier molecular flexibility index (Phi) is 23.0. The van der Waals surface area contributed by atoms with E-state index >= 15 is 0 Å². The summed E-state index contributed by atoms with van der Waals surface area (Å²) in [4.78, 5) is 10.0. The van der Waals surface area contributed by atoms with E-state index in [1.165, 1.54) is 0 Å². The number of hydrogen-bond acceptors (Lipinski definition) is 10. The average molecular weight is 759 g/mol. The lowest BCUT2D eigenvalue weighted by atomic mass is 9.93. The molecule has 0 aromatic carbocycles. The normalized spacial score (nSPS) is 13.7. The Hall–Kier alpha value is -1.60. The van der Waals surface area contributed by atoms with Crippen molar-refractivity contribution in [2.24, 2.45) is 0 Å². The highest BCUT2D eigenvalue weighted by Crippen LogP contribution is 2.60. The molecule has 0 aliphatic carbocycles. The first-order valence-corrected chi connectivity index (χ1v) is 14.4. The van der Waals surface area contributed by atoms with E-state index in [4.69, 9.17) is 37.9 Å². The van der Waals surface area contributed by atoms with E-state index in [0.717, 1.165) is 0 Å². The monoisotopic (exact) mass is 758 g/mol. The summed E-state index contributed by atoms with van der Waals surface area (Å²) in [5.74, 6) is -37.0. The third-order valence-electron chi connectivity index (χ3n) is 5.72. The Labute approximate surface area is 272 Å². The number of aldehydes is 1. The molecule has 0 bridgehead atoms. The molecule has 294 valence electrons. The van der Waals surface area contributed by atoms with Crippen LogP contribution in [0.5, 0.6) is 0 Å². The summed E-state index contributed by atoms with van der Waals surface area (Å²) in [5, 5.41) is 0. The van der Waals surface area contributed by atoms with E-state index in [9.17, 15) is 61.9 Å². The Bertz CT molecular complexity index is 853. The van der Waals surface area contributed by atoms with Crippen LogP contribution in [0, 0.1) is 0 Å². The van der Waals surface area contributed by atoms with Crippen molar-refractivity contribution in [2.45, 2.75) is 42.2 Å². The molecule has 0 saturated heterocycles. The van der Waals surface area contributed by atoms with Crippen molar-refractivity contribution in [2.75, 3.05) is 119 Å². The molecule has 10 nitrogen and oxygen atoms in total. The molecule has 0 atom stereocenters. The van der Waals surface area contributed by atoms with Crippen LogP contribution in [-0.2, 0) is 47.4 Å². The van der Waals surface area contributed by atoms with Gasteiger partial charge in [-0.15, -0.1) is 0 Å². The Morgan fingerprint density at radius 1 is 0.327 bits per heavy atom. The van der Waals surface area contributed by atoms with E-state index in [0.29, 0.717) is 59.1 Å². The van der Waals surface area contributed by atoms with Gasteiger partial charge in [0.05, 0.1) is 112 Å². The second-order valence-corrected chi connectivity index (χ2v) is 9.39. The number of rotatable bonds is 33. The third-order valence-corrected chi connectivity index (χ3v) is 5.72. The zero-order chi connectivity index (χ0) is 37.5. The van der Waals surface area contributed by atoms with Gasteiger partial charge < -0.3 is 47.4 Å². The van der Waals surface area contributed by atoms with Gasteiger partial charge in [-0.3, -0.25) is 0 Å². The van der Waals surface area contributed by atoms with Crippen molar-refractivity contribution in [1.82, 2.24) is 0 Å². The molecule has 0 saturated carbocycles. The molecule has 0 N–H and O–H groups in total. The van der Waals surface area contributed by atoms with Crippen molar-refractivity contribution in [3.05, 3.63) is 0 Å². The second-order valence-electron chi connectivity index (χ2n) is 9.39. The largest absolute Gasteiger partial charge is 0.460 e. The van der Waals surface area contributed by atoms with Crippen LogP contribution in [-0.4, -0.2) is 161 Å². The Morgan fingerprint density at radius 2 is 0.571 bits per heavy atom. The lowest BCUT2D eigenvalue weighted by Gasteiger charge is -2.39. The number of ether oxygens (including phenoxy) is 9. The fourth-order valence-electron chi connectivity index (χ4n) is 3.05. The number of alkyl halides is 13. The predicted octanol–water partition coefficient (Wildman–Crippen LogP) is 4.46.